The number of carbonyl (C=O) groups is 2. The highest BCUT2D eigenvalue weighted by atomic mass is 31.2. The third kappa shape index (κ3) is 58.5. The fraction of sp³-hybridized carbons (Fsp3) is 0.538. The summed E-state index contributed by atoms with van der Waals surface area (Å²) in [5, 5.41) is 0. The van der Waals surface area contributed by atoms with E-state index in [-0.39, 0.29) is 32.6 Å². The monoisotopic (exact) mass is 1060 g/mol. The molecule has 9 nitrogen and oxygen atoms in total. The van der Waals surface area contributed by atoms with Crippen LogP contribution in [0.15, 0.2) is 170 Å². The highest BCUT2D eigenvalue weighted by molar-refractivity contribution is 7.47. The Hall–Kier alpha value is -4.63. The van der Waals surface area contributed by atoms with Crippen LogP contribution in [0.25, 0.3) is 0 Å². The van der Waals surface area contributed by atoms with E-state index in [0.717, 1.165) is 154 Å². The van der Waals surface area contributed by atoms with Crippen LogP contribution in [-0.2, 0) is 32.7 Å². The number of ether oxygens (including phenoxy) is 2. The molecule has 0 saturated carbocycles. The van der Waals surface area contributed by atoms with Crippen molar-refractivity contribution < 1.29 is 37.6 Å². The van der Waals surface area contributed by atoms with Crippen molar-refractivity contribution in [2.75, 3.05) is 26.4 Å². The molecule has 0 aliphatic rings. The van der Waals surface area contributed by atoms with Crippen molar-refractivity contribution in [1.29, 1.82) is 0 Å². The third-order valence-corrected chi connectivity index (χ3v) is 12.1. The maximum atomic E-state index is 12.7. The van der Waals surface area contributed by atoms with Crippen LogP contribution in [0.1, 0.15) is 194 Å². The van der Waals surface area contributed by atoms with Gasteiger partial charge in [-0.05, 0) is 128 Å². The summed E-state index contributed by atoms with van der Waals surface area (Å²) in [6.07, 6.45) is 86.8. The minimum absolute atomic E-state index is 0.0362. The number of phosphoric ester groups is 1. The summed E-state index contributed by atoms with van der Waals surface area (Å²) in [4.78, 5) is 35.2. The molecule has 0 aromatic heterocycles. The molecule has 420 valence electrons. The molecule has 0 aliphatic carbocycles. The lowest BCUT2D eigenvalue weighted by Crippen LogP contribution is -2.29. The van der Waals surface area contributed by atoms with E-state index in [0.29, 0.717) is 12.8 Å². The number of allylic oxidation sites excluding steroid dienone is 28. The second-order valence-corrected chi connectivity index (χ2v) is 19.5. The number of carbonyl (C=O) groups excluding carboxylic acids is 2. The van der Waals surface area contributed by atoms with Gasteiger partial charge in [-0.3, -0.25) is 18.6 Å². The van der Waals surface area contributed by atoms with Crippen molar-refractivity contribution in [2.24, 2.45) is 5.73 Å². The Labute approximate surface area is 457 Å². The van der Waals surface area contributed by atoms with E-state index in [4.69, 9.17) is 24.3 Å². The predicted octanol–water partition coefficient (Wildman–Crippen LogP) is 18.3. The Morgan fingerprint density at radius 2 is 0.693 bits per heavy atom. The van der Waals surface area contributed by atoms with E-state index in [2.05, 4.69) is 184 Å². The maximum absolute atomic E-state index is 12.7. The molecule has 2 unspecified atom stereocenters. The van der Waals surface area contributed by atoms with E-state index in [9.17, 15) is 19.0 Å². The molecule has 0 radical (unpaired) electrons. The average molecular weight is 1060 g/mol. The van der Waals surface area contributed by atoms with Gasteiger partial charge in [-0.1, -0.05) is 223 Å². The lowest BCUT2D eigenvalue weighted by molar-refractivity contribution is -0.161. The fourth-order valence-electron chi connectivity index (χ4n) is 6.95. The minimum Gasteiger partial charge on any atom is -0.462 e. The highest BCUT2D eigenvalue weighted by Crippen LogP contribution is 2.43. The van der Waals surface area contributed by atoms with Crippen molar-refractivity contribution in [3.05, 3.63) is 170 Å². The second kappa shape index (κ2) is 58.6. The molecule has 0 aromatic rings. The van der Waals surface area contributed by atoms with Gasteiger partial charge in [-0.25, -0.2) is 4.57 Å². The molecule has 10 heteroatoms. The van der Waals surface area contributed by atoms with Crippen LogP contribution in [0.2, 0.25) is 0 Å². The zero-order valence-electron chi connectivity index (χ0n) is 46.7. The first-order chi connectivity index (χ1) is 36.8. The van der Waals surface area contributed by atoms with Gasteiger partial charge in [0.05, 0.1) is 13.2 Å². The van der Waals surface area contributed by atoms with E-state index < -0.39 is 32.5 Å². The van der Waals surface area contributed by atoms with E-state index in [1.165, 1.54) is 0 Å². The number of esters is 2. The van der Waals surface area contributed by atoms with Crippen molar-refractivity contribution >= 4 is 19.8 Å². The largest absolute Gasteiger partial charge is 0.472 e. The summed E-state index contributed by atoms with van der Waals surface area (Å²) in [6, 6.07) is 0. The molecule has 0 amide bonds. The first-order valence-corrected chi connectivity index (χ1v) is 30.1. The number of hydrogen-bond acceptors (Lipinski definition) is 8. The Balaban J connectivity index is 4.16. The number of hydrogen-bond donors (Lipinski definition) is 2. The summed E-state index contributed by atoms with van der Waals surface area (Å²) in [5.74, 6) is -0.889. The Morgan fingerprint density at radius 1 is 0.400 bits per heavy atom. The molecule has 0 spiro atoms. The first kappa shape index (κ1) is 70.4. The van der Waals surface area contributed by atoms with E-state index in [1.807, 2.05) is 0 Å². The lowest BCUT2D eigenvalue weighted by Gasteiger charge is -2.19. The van der Waals surface area contributed by atoms with Crippen LogP contribution in [0, 0.1) is 0 Å². The van der Waals surface area contributed by atoms with Gasteiger partial charge in [-0.15, -0.1) is 0 Å². The van der Waals surface area contributed by atoms with Crippen LogP contribution >= 0.6 is 7.82 Å². The summed E-state index contributed by atoms with van der Waals surface area (Å²) < 4.78 is 33.0. The molecule has 0 fully saturated rings. The zero-order chi connectivity index (χ0) is 54.5. The van der Waals surface area contributed by atoms with Crippen molar-refractivity contribution in [1.82, 2.24) is 0 Å². The van der Waals surface area contributed by atoms with Crippen molar-refractivity contribution in [3.63, 3.8) is 0 Å². The number of unbranched alkanes of at least 4 members (excludes halogenated alkanes) is 10. The molecular formula is C65H102NO8P. The van der Waals surface area contributed by atoms with Crippen LogP contribution in [0.5, 0.6) is 0 Å². The summed E-state index contributed by atoms with van der Waals surface area (Å²) >= 11 is 0. The maximum Gasteiger partial charge on any atom is 0.472 e. The van der Waals surface area contributed by atoms with Gasteiger partial charge in [0.25, 0.3) is 0 Å². The van der Waals surface area contributed by atoms with Gasteiger partial charge < -0.3 is 20.1 Å². The Bertz CT molecular complexity index is 1820. The summed E-state index contributed by atoms with van der Waals surface area (Å²) in [5.41, 5.74) is 5.38. The van der Waals surface area contributed by atoms with Crippen molar-refractivity contribution in [2.45, 2.75) is 200 Å². The second-order valence-electron chi connectivity index (χ2n) is 18.0. The quantitative estimate of drug-likeness (QED) is 0.0264. The van der Waals surface area contributed by atoms with Gasteiger partial charge >= 0.3 is 19.8 Å². The van der Waals surface area contributed by atoms with Gasteiger partial charge in [0.15, 0.2) is 6.10 Å². The molecule has 0 aromatic carbocycles. The number of nitrogens with two attached hydrogens (primary N) is 1. The van der Waals surface area contributed by atoms with Gasteiger partial charge in [-0.2, -0.15) is 0 Å². The first-order valence-electron chi connectivity index (χ1n) is 28.6. The molecule has 75 heavy (non-hydrogen) atoms. The van der Waals surface area contributed by atoms with Crippen molar-refractivity contribution in [3.8, 4) is 0 Å². The molecule has 0 heterocycles. The zero-order valence-corrected chi connectivity index (χ0v) is 47.6. The van der Waals surface area contributed by atoms with Crippen LogP contribution in [0.3, 0.4) is 0 Å². The Morgan fingerprint density at radius 3 is 1.03 bits per heavy atom. The molecule has 3 N–H and O–H groups in total. The third-order valence-electron chi connectivity index (χ3n) is 11.1. The predicted molar refractivity (Wildman–Crippen MR) is 320 cm³/mol. The topological polar surface area (TPSA) is 134 Å². The van der Waals surface area contributed by atoms with Crippen LogP contribution < -0.4 is 5.73 Å². The molecular weight excluding hydrogens is 954 g/mol. The lowest BCUT2D eigenvalue weighted by atomic mass is 10.1. The number of phosphoric acid groups is 1. The van der Waals surface area contributed by atoms with Crippen LogP contribution in [0.4, 0.5) is 0 Å². The highest BCUT2D eigenvalue weighted by Gasteiger charge is 2.26. The summed E-state index contributed by atoms with van der Waals surface area (Å²) in [6.45, 7) is 3.44. The molecule has 0 rings (SSSR count). The molecule has 0 saturated heterocycles. The van der Waals surface area contributed by atoms with Crippen LogP contribution in [-0.4, -0.2) is 49.3 Å². The van der Waals surface area contributed by atoms with Gasteiger partial charge in [0.2, 0.25) is 0 Å². The van der Waals surface area contributed by atoms with E-state index >= 15 is 0 Å². The summed E-state index contributed by atoms with van der Waals surface area (Å²) in [7, 11) is -4.41. The fourth-order valence-corrected chi connectivity index (χ4v) is 7.71. The normalized spacial score (nSPS) is 14.3. The van der Waals surface area contributed by atoms with Gasteiger partial charge in [0, 0.05) is 19.4 Å². The van der Waals surface area contributed by atoms with E-state index in [1.54, 1.807) is 0 Å². The number of rotatable bonds is 51. The average Bonchev–Trinajstić information content (AvgIpc) is 3.40. The molecule has 0 aliphatic heterocycles. The minimum atomic E-state index is -4.41. The SMILES string of the molecule is CC/C=C\C/C=C\C/C=C\C/C=C\C/C=C\C/C=C\C/C=C\CCCCCCCC(=O)OCC(COP(=O)(O)OCCN)OC(=O)CCCCCCC/C=C\C/C=C\C/C=C\C/C=C\C/C=C\C/C=C\C/C=C\CC. The smallest absolute Gasteiger partial charge is 0.462 e. The molecule has 0 bridgehead atoms. The standard InChI is InChI=1S/C65H102NO8P/c1-3-5-7-9-11-13-15-17-19-21-23-25-27-29-31-33-35-37-39-41-43-45-47-49-51-53-55-57-64(67)71-61-63(62-73-75(69,70)72-60-59-66)74-65(68)58-56-54-52-50-48-46-44-42-40-38-36-34-32-30-28-26-24-22-20-18-16-14-12-10-8-6-4-2/h5-8,11-14,17-20,23-26,29-32,35-38,41-44,63H,3-4,9-10,15-16,21-22,27-28,33-34,39-40,45-62,66H2,1-2H3,(H,69,70)/b7-5-,8-6-,13-11-,14-12-,19-17-,20-18-,25-23-,26-24-,31-29-,32-30-,37-35-,38-36-,43-41-,44-42-. The molecule has 2 atom stereocenters. The Kier molecular flexibility index (Phi) is 55.0. The van der Waals surface area contributed by atoms with Gasteiger partial charge in [0.1, 0.15) is 6.61 Å².